The Bertz CT molecular complexity index is 770. The summed E-state index contributed by atoms with van der Waals surface area (Å²) in [7, 11) is 0. The molecule has 1 fully saturated rings. The van der Waals surface area contributed by atoms with E-state index in [2.05, 4.69) is 20.6 Å². The maximum absolute atomic E-state index is 12.3. The fraction of sp³-hybridized carbons (Fsp3) is 0.611. The molecule has 2 N–H and O–H groups in total. The Morgan fingerprint density at radius 2 is 2.00 bits per heavy atom. The molecule has 1 aliphatic carbocycles. The van der Waals surface area contributed by atoms with Gasteiger partial charge in [-0.25, -0.2) is 9.97 Å². The lowest BCUT2D eigenvalue weighted by molar-refractivity contribution is -0.121. The van der Waals surface area contributed by atoms with E-state index in [9.17, 15) is 4.79 Å². The first-order chi connectivity index (χ1) is 11.7. The number of anilines is 1. The number of fused-ring (bicyclic) bond motifs is 3. The smallest absolute Gasteiger partial charge is 0.242 e. The number of carbonyl (C=O) groups excluding carboxylic acids is 1. The van der Waals surface area contributed by atoms with E-state index >= 15 is 0 Å². The second kappa shape index (κ2) is 6.67. The molecule has 1 saturated heterocycles. The molecule has 5 nitrogen and oxygen atoms in total. The zero-order valence-corrected chi connectivity index (χ0v) is 15.0. The van der Waals surface area contributed by atoms with E-state index in [-0.39, 0.29) is 11.9 Å². The zero-order chi connectivity index (χ0) is 16.5. The average molecular weight is 344 g/mol. The van der Waals surface area contributed by atoms with Crippen molar-refractivity contribution in [2.75, 3.05) is 11.9 Å². The number of nitrogens with one attached hydrogen (secondary N) is 2. The average Bonchev–Trinajstić information content (AvgIpc) is 2.71. The van der Waals surface area contributed by atoms with Crippen molar-refractivity contribution in [3.05, 3.63) is 16.3 Å². The molecule has 3 heterocycles. The minimum absolute atomic E-state index is 0.0956. The number of amides is 1. The number of aryl methyl sites for hydroxylation is 3. The number of aromatic nitrogens is 2. The minimum Gasteiger partial charge on any atom is -0.358 e. The first-order valence-electron chi connectivity index (χ1n) is 9.05. The SMILES string of the molecule is Cc1nc(NC2CCCCNC2=O)c2c3c(sc2n1)CCCCC3. The van der Waals surface area contributed by atoms with Crippen molar-refractivity contribution in [2.24, 2.45) is 0 Å². The summed E-state index contributed by atoms with van der Waals surface area (Å²) in [6, 6.07) is -0.189. The number of hydrogen-bond acceptors (Lipinski definition) is 5. The van der Waals surface area contributed by atoms with Gasteiger partial charge in [0.25, 0.3) is 0 Å². The van der Waals surface area contributed by atoms with Gasteiger partial charge in [0.15, 0.2) is 0 Å². The van der Waals surface area contributed by atoms with Crippen molar-refractivity contribution < 1.29 is 4.79 Å². The van der Waals surface area contributed by atoms with E-state index in [1.165, 1.54) is 35.1 Å². The summed E-state index contributed by atoms with van der Waals surface area (Å²) < 4.78 is 0. The Morgan fingerprint density at radius 3 is 2.92 bits per heavy atom. The van der Waals surface area contributed by atoms with Gasteiger partial charge in [-0.2, -0.15) is 0 Å². The summed E-state index contributed by atoms with van der Waals surface area (Å²) in [5, 5.41) is 7.62. The topological polar surface area (TPSA) is 66.9 Å². The zero-order valence-electron chi connectivity index (χ0n) is 14.2. The number of thiophene rings is 1. The standard InChI is InChI=1S/C18H24N4OS/c1-11-20-16(22-13-8-5-6-10-19-17(13)23)15-12-7-3-2-4-9-14(12)24-18(15)21-11/h13H,2-10H2,1H3,(H,19,23)(H,20,21,22). The van der Waals surface area contributed by atoms with E-state index in [0.717, 1.165) is 55.1 Å². The first kappa shape index (κ1) is 15.8. The van der Waals surface area contributed by atoms with Crippen LogP contribution in [0.5, 0.6) is 0 Å². The van der Waals surface area contributed by atoms with Crippen molar-refractivity contribution in [1.82, 2.24) is 15.3 Å². The van der Waals surface area contributed by atoms with Crippen LogP contribution in [-0.2, 0) is 17.6 Å². The van der Waals surface area contributed by atoms with Crippen LogP contribution in [0.15, 0.2) is 0 Å². The number of hydrogen-bond donors (Lipinski definition) is 2. The van der Waals surface area contributed by atoms with Crippen molar-refractivity contribution >= 4 is 33.3 Å². The highest BCUT2D eigenvalue weighted by Gasteiger charge is 2.25. The van der Waals surface area contributed by atoms with Gasteiger partial charge >= 0.3 is 0 Å². The van der Waals surface area contributed by atoms with Gasteiger partial charge in [0, 0.05) is 11.4 Å². The highest BCUT2D eigenvalue weighted by molar-refractivity contribution is 7.19. The molecule has 0 bridgehead atoms. The van der Waals surface area contributed by atoms with Crippen molar-refractivity contribution in [2.45, 2.75) is 64.3 Å². The Kier molecular flexibility index (Phi) is 4.39. The van der Waals surface area contributed by atoms with Crippen LogP contribution in [0, 0.1) is 6.92 Å². The van der Waals surface area contributed by atoms with Gasteiger partial charge in [-0.15, -0.1) is 11.3 Å². The van der Waals surface area contributed by atoms with Gasteiger partial charge in [-0.3, -0.25) is 4.79 Å². The number of rotatable bonds is 2. The van der Waals surface area contributed by atoms with E-state index in [4.69, 9.17) is 0 Å². The fourth-order valence-corrected chi connectivity index (χ4v) is 5.09. The quantitative estimate of drug-likeness (QED) is 0.820. The molecule has 2 aromatic heterocycles. The van der Waals surface area contributed by atoms with Gasteiger partial charge in [-0.1, -0.05) is 6.42 Å². The largest absolute Gasteiger partial charge is 0.358 e. The Hall–Kier alpha value is -1.69. The fourth-order valence-electron chi connectivity index (χ4n) is 3.79. The number of carbonyl (C=O) groups is 1. The molecule has 24 heavy (non-hydrogen) atoms. The maximum atomic E-state index is 12.3. The molecule has 128 valence electrons. The molecule has 6 heteroatoms. The first-order valence-corrected chi connectivity index (χ1v) is 9.87. The Labute approximate surface area is 146 Å². The van der Waals surface area contributed by atoms with E-state index in [1.54, 1.807) is 0 Å². The molecule has 0 radical (unpaired) electrons. The van der Waals surface area contributed by atoms with Crippen molar-refractivity contribution in [1.29, 1.82) is 0 Å². The lowest BCUT2D eigenvalue weighted by atomic mass is 10.1. The molecule has 0 spiro atoms. The third-order valence-corrected chi connectivity index (χ3v) is 6.21. The van der Waals surface area contributed by atoms with Gasteiger partial charge < -0.3 is 10.6 Å². The third-order valence-electron chi connectivity index (χ3n) is 5.02. The minimum atomic E-state index is -0.189. The van der Waals surface area contributed by atoms with Crippen LogP contribution in [0.2, 0.25) is 0 Å². The van der Waals surface area contributed by atoms with E-state index in [1.807, 2.05) is 18.3 Å². The van der Waals surface area contributed by atoms with E-state index in [0.29, 0.717) is 0 Å². The predicted molar refractivity (Wildman–Crippen MR) is 97.7 cm³/mol. The number of nitrogens with zero attached hydrogens (tertiary/aromatic N) is 2. The molecule has 2 aliphatic rings. The van der Waals surface area contributed by atoms with Crippen LogP contribution in [0.4, 0.5) is 5.82 Å². The van der Waals surface area contributed by atoms with Crippen LogP contribution >= 0.6 is 11.3 Å². The highest BCUT2D eigenvalue weighted by atomic mass is 32.1. The van der Waals surface area contributed by atoms with Crippen molar-refractivity contribution in [3.8, 4) is 0 Å². The lowest BCUT2D eigenvalue weighted by Crippen LogP contribution is -2.38. The van der Waals surface area contributed by atoms with Gasteiger partial charge in [0.2, 0.25) is 5.91 Å². The molecule has 1 aliphatic heterocycles. The van der Waals surface area contributed by atoms with Crippen LogP contribution in [0.3, 0.4) is 0 Å². The van der Waals surface area contributed by atoms with Crippen molar-refractivity contribution in [3.63, 3.8) is 0 Å². The summed E-state index contributed by atoms with van der Waals surface area (Å²) in [6.07, 6.45) is 9.02. The molecule has 0 saturated carbocycles. The molecule has 1 amide bonds. The molecule has 0 aromatic carbocycles. The third kappa shape index (κ3) is 2.99. The normalized spacial score (nSPS) is 21.7. The van der Waals surface area contributed by atoms with Crippen LogP contribution < -0.4 is 10.6 Å². The highest BCUT2D eigenvalue weighted by Crippen LogP contribution is 2.38. The summed E-state index contributed by atoms with van der Waals surface area (Å²) in [5.74, 6) is 1.73. The molecule has 1 unspecified atom stereocenters. The second-order valence-corrected chi connectivity index (χ2v) is 7.93. The molecule has 2 aromatic rings. The van der Waals surface area contributed by atoms with E-state index < -0.39 is 0 Å². The lowest BCUT2D eigenvalue weighted by Gasteiger charge is -2.17. The molecule has 4 rings (SSSR count). The molecule has 1 atom stereocenters. The van der Waals surface area contributed by atoms with Crippen LogP contribution in [0.25, 0.3) is 10.2 Å². The van der Waals surface area contributed by atoms with Crippen LogP contribution in [0.1, 0.15) is 54.8 Å². The summed E-state index contributed by atoms with van der Waals surface area (Å²) >= 11 is 1.82. The predicted octanol–water partition coefficient (Wildman–Crippen LogP) is 3.35. The van der Waals surface area contributed by atoms with Gasteiger partial charge in [0.1, 0.15) is 22.5 Å². The maximum Gasteiger partial charge on any atom is 0.242 e. The monoisotopic (exact) mass is 344 g/mol. The summed E-state index contributed by atoms with van der Waals surface area (Å²) in [4.78, 5) is 24.2. The van der Waals surface area contributed by atoms with Gasteiger partial charge in [-0.05, 0) is 57.4 Å². The summed E-state index contributed by atoms with van der Waals surface area (Å²) in [5.41, 5.74) is 1.42. The van der Waals surface area contributed by atoms with Gasteiger partial charge in [0.05, 0.1) is 5.39 Å². The molecular weight excluding hydrogens is 320 g/mol. The Morgan fingerprint density at radius 1 is 1.12 bits per heavy atom. The summed E-state index contributed by atoms with van der Waals surface area (Å²) in [6.45, 7) is 2.71. The molecular formula is C18H24N4OS. The second-order valence-electron chi connectivity index (χ2n) is 6.85. The van der Waals surface area contributed by atoms with Crippen LogP contribution in [-0.4, -0.2) is 28.5 Å². The Balaban J connectivity index is 1.76.